The van der Waals surface area contributed by atoms with Crippen LogP contribution in [0.25, 0.3) is 0 Å². The van der Waals surface area contributed by atoms with Crippen LogP contribution >= 0.6 is 0 Å². The van der Waals surface area contributed by atoms with E-state index in [1.165, 1.54) is 25.7 Å². The van der Waals surface area contributed by atoms with Gasteiger partial charge in [-0.3, -0.25) is 4.79 Å². The Kier molecular flexibility index (Phi) is 7.41. The van der Waals surface area contributed by atoms with Crippen molar-refractivity contribution >= 4 is 11.9 Å². The molecule has 0 saturated heterocycles. The van der Waals surface area contributed by atoms with Crippen LogP contribution in [0.2, 0.25) is 0 Å². The van der Waals surface area contributed by atoms with E-state index in [2.05, 4.69) is 29.5 Å². The number of hydrogen-bond acceptors (Lipinski definition) is 2. The molecule has 0 atom stereocenters. The molecule has 0 unspecified atom stereocenters. The molecule has 0 bridgehead atoms. The van der Waals surface area contributed by atoms with Crippen molar-refractivity contribution in [1.82, 2.24) is 15.5 Å². The van der Waals surface area contributed by atoms with Crippen LogP contribution < -0.4 is 10.6 Å². The van der Waals surface area contributed by atoms with Gasteiger partial charge in [0.2, 0.25) is 5.91 Å². The monoisotopic (exact) mass is 282 g/mol. The molecule has 5 nitrogen and oxygen atoms in total. The average Bonchev–Trinajstić information content (AvgIpc) is 2.87. The Morgan fingerprint density at radius 3 is 2.50 bits per heavy atom. The van der Waals surface area contributed by atoms with Gasteiger partial charge >= 0.3 is 0 Å². The van der Waals surface area contributed by atoms with Gasteiger partial charge in [-0.1, -0.05) is 26.7 Å². The van der Waals surface area contributed by atoms with Crippen molar-refractivity contribution in [3.63, 3.8) is 0 Å². The number of aliphatic imine (C=N–C) groups is 1. The molecule has 0 aromatic rings. The fourth-order valence-electron chi connectivity index (χ4n) is 2.18. The van der Waals surface area contributed by atoms with Gasteiger partial charge in [0.1, 0.15) is 6.54 Å². The van der Waals surface area contributed by atoms with Crippen molar-refractivity contribution in [3.05, 3.63) is 0 Å². The zero-order chi connectivity index (χ0) is 15.0. The second kappa shape index (κ2) is 8.82. The normalized spacial score (nSPS) is 16.6. The van der Waals surface area contributed by atoms with Gasteiger partial charge in [0, 0.05) is 26.7 Å². The van der Waals surface area contributed by atoms with Crippen molar-refractivity contribution in [2.24, 2.45) is 10.9 Å². The summed E-state index contributed by atoms with van der Waals surface area (Å²) in [6.45, 7) is 5.51. The maximum atomic E-state index is 11.6. The molecule has 0 radical (unpaired) electrons. The van der Waals surface area contributed by atoms with Gasteiger partial charge < -0.3 is 15.5 Å². The van der Waals surface area contributed by atoms with Crippen molar-refractivity contribution in [3.8, 4) is 0 Å². The van der Waals surface area contributed by atoms with E-state index in [0.717, 1.165) is 18.9 Å². The lowest BCUT2D eigenvalue weighted by atomic mass is 10.1. The third-order valence-corrected chi connectivity index (χ3v) is 3.58. The molecule has 0 heterocycles. The second-order valence-electron chi connectivity index (χ2n) is 6.19. The number of rotatable bonds is 6. The Labute approximate surface area is 123 Å². The van der Waals surface area contributed by atoms with Crippen molar-refractivity contribution < 1.29 is 4.79 Å². The minimum absolute atomic E-state index is 0.0291. The Balaban J connectivity index is 2.48. The Hall–Kier alpha value is -1.26. The van der Waals surface area contributed by atoms with E-state index >= 15 is 0 Å². The average molecular weight is 282 g/mol. The number of nitrogens with zero attached hydrogens (tertiary/aromatic N) is 2. The van der Waals surface area contributed by atoms with Gasteiger partial charge in [-0.15, -0.1) is 0 Å². The first-order valence-electron chi connectivity index (χ1n) is 7.74. The number of carbonyl (C=O) groups is 1. The molecule has 1 fully saturated rings. The number of likely N-dealkylation sites (N-methyl/N-ethyl adjacent to an activating group) is 1. The summed E-state index contributed by atoms with van der Waals surface area (Å²) in [5.41, 5.74) is 0. The first-order valence-corrected chi connectivity index (χ1v) is 7.74. The zero-order valence-corrected chi connectivity index (χ0v) is 13.4. The molecule has 5 heteroatoms. The first kappa shape index (κ1) is 16.8. The van der Waals surface area contributed by atoms with Gasteiger partial charge in [-0.2, -0.15) is 0 Å². The van der Waals surface area contributed by atoms with Crippen LogP contribution in [0.1, 0.15) is 46.0 Å². The van der Waals surface area contributed by atoms with E-state index in [4.69, 9.17) is 0 Å². The molecule has 1 amide bonds. The topological polar surface area (TPSA) is 56.7 Å². The molecule has 0 aliphatic heterocycles. The third kappa shape index (κ3) is 6.78. The minimum Gasteiger partial charge on any atom is -0.356 e. The SMILES string of the molecule is CC(C)CCNC(=NCC(=O)N(C)C)NC1CCCC1. The summed E-state index contributed by atoms with van der Waals surface area (Å²) in [5.74, 6) is 1.48. The van der Waals surface area contributed by atoms with Crippen LogP contribution in [0, 0.1) is 5.92 Å². The number of nitrogens with one attached hydrogen (secondary N) is 2. The summed E-state index contributed by atoms with van der Waals surface area (Å²) in [6.07, 6.45) is 6.08. The molecule has 1 rings (SSSR count). The highest BCUT2D eigenvalue weighted by atomic mass is 16.2. The molecule has 116 valence electrons. The maximum absolute atomic E-state index is 11.6. The predicted molar refractivity (Wildman–Crippen MR) is 83.8 cm³/mol. The van der Waals surface area contributed by atoms with Crippen LogP contribution in [0.3, 0.4) is 0 Å². The van der Waals surface area contributed by atoms with Gasteiger partial charge in [0.25, 0.3) is 0 Å². The van der Waals surface area contributed by atoms with E-state index in [9.17, 15) is 4.79 Å². The lowest BCUT2D eigenvalue weighted by molar-refractivity contribution is -0.127. The summed E-state index contributed by atoms with van der Waals surface area (Å²) in [5, 5.41) is 6.79. The Morgan fingerprint density at radius 1 is 1.30 bits per heavy atom. The maximum Gasteiger partial charge on any atom is 0.243 e. The van der Waals surface area contributed by atoms with Crippen LogP contribution in [0.4, 0.5) is 0 Å². The number of guanidine groups is 1. The van der Waals surface area contributed by atoms with Crippen LogP contribution in [0.5, 0.6) is 0 Å². The van der Waals surface area contributed by atoms with E-state index in [-0.39, 0.29) is 12.5 Å². The highest BCUT2D eigenvalue weighted by Crippen LogP contribution is 2.17. The summed E-state index contributed by atoms with van der Waals surface area (Å²) >= 11 is 0. The van der Waals surface area contributed by atoms with Crippen LogP contribution in [-0.4, -0.2) is 50.0 Å². The van der Waals surface area contributed by atoms with Gasteiger partial charge in [-0.25, -0.2) is 4.99 Å². The van der Waals surface area contributed by atoms with Crippen molar-refractivity contribution in [2.75, 3.05) is 27.2 Å². The van der Waals surface area contributed by atoms with E-state index in [0.29, 0.717) is 12.0 Å². The largest absolute Gasteiger partial charge is 0.356 e. The standard InChI is InChI=1S/C15H30N4O/c1-12(2)9-10-16-15(17-11-14(20)19(3)4)18-13-7-5-6-8-13/h12-13H,5-11H2,1-4H3,(H2,16,17,18). The lowest BCUT2D eigenvalue weighted by Gasteiger charge is -2.18. The van der Waals surface area contributed by atoms with Crippen molar-refractivity contribution in [1.29, 1.82) is 0 Å². The minimum atomic E-state index is 0.0291. The van der Waals surface area contributed by atoms with E-state index < -0.39 is 0 Å². The highest BCUT2D eigenvalue weighted by Gasteiger charge is 2.16. The quantitative estimate of drug-likeness (QED) is 0.575. The fourth-order valence-corrected chi connectivity index (χ4v) is 2.18. The van der Waals surface area contributed by atoms with Crippen LogP contribution in [-0.2, 0) is 4.79 Å². The lowest BCUT2D eigenvalue weighted by Crippen LogP contribution is -2.43. The summed E-state index contributed by atoms with van der Waals surface area (Å²) < 4.78 is 0. The number of carbonyl (C=O) groups excluding carboxylic acids is 1. The first-order chi connectivity index (χ1) is 9.49. The van der Waals surface area contributed by atoms with Gasteiger partial charge in [0.05, 0.1) is 0 Å². The fraction of sp³-hybridized carbons (Fsp3) is 0.867. The Morgan fingerprint density at radius 2 is 1.95 bits per heavy atom. The van der Waals surface area contributed by atoms with Gasteiger partial charge in [-0.05, 0) is 25.2 Å². The highest BCUT2D eigenvalue weighted by molar-refractivity contribution is 5.84. The molecular formula is C15H30N4O. The number of hydrogen-bond donors (Lipinski definition) is 2. The molecule has 0 aromatic carbocycles. The van der Waals surface area contributed by atoms with Crippen LogP contribution in [0.15, 0.2) is 4.99 Å². The second-order valence-corrected chi connectivity index (χ2v) is 6.19. The summed E-state index contributed by atoms with van der Waals surface area (Å²) in [4.78, 5) is 17.6. The van der Waals surface area contributed by atoms with Crippen molar-refractivity contribution in [2.45, 2.75) is 52.0 Å². The summed E-state index contributed by atoms with van der Waals surface area (Å²) in [7, 11) is 3.52. The number of amides is 1. The smallest absolute Gasteiger partial charge is 0.243 e. The van der Waals surface area contributed by atoms with Gasteiger partial charge in [0.15, 0.2) is 5.96 Å². The zero-order valence-electron chi connectivity index (χ0n) is 13.4. The van der Waals surface area contributed by atoms with E-state index in [1.54, 1.807) is 19.0 Å². The molecule has 1 saturated carbocycles. The van der Waals surface area contributed by atoms with E-state index in [1.807, 2.05) is 0 Å². The summed E-state index contributed by atoms with van der Waals surface area (Å²) in [6, 6.07) is 0.509. The molecular weight excluding hydrogens is 252 g/mol. The molecule has 20 heavy (non-hydrogen) atoms. The Bertz CT molecular complexity index is 320. The third-order valence-electron chi connectivity index (χ3n) is 3.58. The molecule has 2 N–H and O–H groups in total. The predicted octanol–water partition coefficient (Wildman–Crippen LogP) is 1.60. The molecule has 0 aromatic heterocycles. The molecule has 1 aliphatic carbocycles. The molecule has 0 spiro atoms. The molecule has 1 aliphatic rings.